The Morgan fingerprint density at radius 1 is 1.11 bits per heavy atom. The van der Waals surface area contributed by atoms with Gasteiger partial charge in [-0.25, -0.2) is 0 Å². The van der Waals surface area contributed by atoms with Crippen LogP contribution in [0.4, 0.5) is 5.69 Å². The number of halogens is 1. The number of morpholine rings is 1. The highest BCUT2D eigenvalue weighted by Gasteiger charge is 2.33. The number of benzene rings is 1. The van der Waals surface area contributed by atoms with Gasteiger partial charge in [-0.15, -0.1) is 0 Å². The summed E-state index contributed by atoms with van der Waals surface area (Å²) >= 11 is 6.43. The molecule has 1 aromatic rings. The summed E-state index contributed by atoms with van der Waals surface area (Å²) in [6.45, 7) is 9.75. The van der Waals surface area contributed by atoms with Crippen LogP contribution >= 0.6 is 11.6 Å². The number of piperazine rings is 1. The predicted octanol–water partition coefficient (Wildman–Crippen LogP) is 3.06. The Kier molecular flexibility index (Phi) is 8.34. The first kappa shape index (κ1) is 25.9. The maximum atomic E-state index is 12.9. The Morgan fingerprint density at radius 2 is 1.86 bits per heavy atom. The van der Waals surface area contributed by atoms with E-state index in [0.717, 1.165) is 43.6 Å². The second-order valence-corrected chi connectivity index (χ2v) is 10.6. The molecule has 192 valence electrons. The largest absolute Gasteiger partial charge is 0.365 e. The van der Waals surface area contributed by atoms with E-state index in [4.69, 9.17) is 16.3 Å². The van der Waals surface area contributed by atoms with Gasteiger partial charge in [0.05, 0.1) is 13.2 Å². The van der Waals surface area contributed by atoms with E-state index in [1.807, 2.05) is 13.0 Å². The molecular weight excluding hydrogens is 468 g/mol. The standard InChI is InChI=1S/C26H37ClN4O4/c1-17-14-29(8-9-31(17)26(34)20-6-4-5-7-20)15-21-12-22(27)13-23(18(21)2)28-25(33)24-16-30(19(3)32)10-11-35-24/h12-13,17,20,24H,4-11,14-16H2,1-3H3,(H,28,33)/t17-,24?/m0/s1. The zero-order chi connectivity index (χ0) is 25.1. The minimum Gasteiger partial charge on any atom is -0.365 e. The highest BCUT2D eigenvalue weighted by molar-refractivity contribution is 6.31. The van der Waals surface area contributed by atoms with Gasteiger partial charge in [0, 0.05) is 62.3 Å². The molecule has 35 heavy (non-hydrogen) atoms. The molecule has 0 aromatic heterocycles. The molecule has 3 amide bonds. The quantitative estimate of drug-likeness (QED) is 0.666. The van der Waals surface area contributed by atoms with Gasteiger partial charge in [0.1, 0.15) is 0 Å². The normalized spacial score (nSPS) is 24.0. The lowest BCUT2D eigenvalue weighted by Crippen LogP contribution is -2.54. The smallest absolute Gasteiger partial charge is 0.255 e. The number of hydrogen-bond acceptors (Lipinski definition) is 5. The summed E-state index contributed by atoms with van der Waals surface area (Å²) in [6.07, 6.45) is 3.68. The minimum absolute atomic E-state index is 0.0633. The number of amides is 3. The van der Waals surface area contributed by atoms with Crippen LogP contribution in [0.3, 0.4) is 0 Å². The number of carbonyl (C=O) groups excluding carboxylic acids is 3. The third kappa shape index (κ3) is 6.16. The molecule has 0 spiro atoms. The number of carbonyl (C=O) groups is 3. The predicted molar refractivity (Wildman–Crippen MR) is 135 cm³/mol. The fraction of sp³-hybridized carbons (Fsp3) is 0.654. The number of nitrogens with zero attached hydrogens (tertiary/aromatic N) is 3. The van der Waals surface area contributed by atoms with E-state index in [2.05, 4.69) is 22.0 Å². The monoisotopic (exact) mass is 504 g/mol. The molecule has 1 aliphatic carbocycles. The molecule has 3 fully saturated rings. The Morgan fingerprint density at radius 3 is 2.54 bits per heavy atom. The van der Waals surface area contributed by atoms with E-state index in [-0.39, 0.29) is 30.3 Å². The third-order valence-electron chi connectivity index (χ3n) is 7.64. The minimum atomic E-state index is -0.708. The van der Waals surface area contributed by atoms with Gasteiger partial charge in [0.25, 0.3) is 5.91 Å². The van der Waals surface area contributed by atoms with Gasteiger partial charge >= 0.3 is 0 Å². The lowest BCUT2D eigenvalue weighted by molar-refractivity contribution is -0.143. The first-order valence-electron chi connectivity index (χ1n) is 12.7. The van der Waals surface area contributed by atoms with Gasteiger partial charge in [-0.1, -0.05) is 24.4 Å². The highest BCUT2D eigenvalue weighted by atomic mass is 35.5. The van der Waals surface area contributed by atoms with Crippen molar-refractivity contribution in [2.45, 2.75) is 65.1 Å². The summed E-state index contributed by atoms with van der Waals surface area (Å²) in [5.74, 6) is 0.194. The molecule has 1 unspecified atom stereocenters. The van der Waals surface area contributed by atoms with Crippen molar-refractivity contribution in [3.63, 3.8) is 0 Å². The average Bonchev–Trinajstić information content (AvgIpc) is 3.37. The Balaban J connectivity index is 1.38. The fourth-order valence-corrected chi connectivity index (χ4v) is 5.73. The van der Waals surface area contributed by atoms with Gasteiger partial charge in [-0.3, -0.25) is 19.3 Å². The Bertz CT molecular complexity index is 965. The van der Waals surface area contributed by atoms with Crippen LogP contribution in [-0.4, -0.2) is 83.9 Å². The van der Waals surface area contributed by atoms with E-state index < -0.39 is 6.10 Å². The SMILES string of the molecule is CC(=O)N1CCOC(C(=O)Nc2cc(Cl)cc(CN3CCN(C(=O)C4CCCC4)[C@@H](C)C3)c2C)C1. The van der Waals surface area contributed by atoms with Crippen molar-refractivity contribution in [2.24, 2.45) is 5.92 Å². The molecule has 0 bridgehead atoms. The second kappa shape index (κ2) is 11.3. The molecule has 2 aliphatic heterocycles. The van der Waals surface area contributed by atoms with Crippen molar-refractivity contribution in [3.05, 3.63) is 28.3 Å². The van der Waals surface area contributed by atoms with Gasteiger partial charge in [0.15, 0.2) is 6.10 Å². The summed E-state index contributed by atoms with van der Waals surface area (Å²) in [4.78, 5) is 43.6. The van der Waals surface area contributed by atoms with E-state index in [1.165, 1.54) is 19.8 Å². The number of rotatable bonds is 5. The Labute approximate surface area is 212 Å². The van der Waals surface area contributed by atoms with E-state index in [1.54, 1.807) is 11.0 Å². The molecule has 2 heterocycles. The molecule has 1 saturated carbocycles. The molecule has 2 atom stereocenters. The molecule has 2 saturated heterocycles. The zero-order valence-electron chi connectivity index (χ0n) is 21.0. The highest BCUT2D eigenvalue weighted by Crippen LogP contribution is 2.30. The number of anilines is 1. The van der Waals surface area contributed by atoms with Crippen molar-refractivity contribution in [3.8, 4) is 0 Å². The topological polar surface area (TPSA) is 82.2 Å². The van der Waals surface area contributed by atoms with Crippen LogP contribution in [0.15, 0.2) is 12.1 Å². The van der Waals surface area contributed by atoms with E-state index >= 15 is 0 Å². The van der Waals surface area contributed by atoms with Crippen LogP contribution < -0.4 is 5.32 Å². The van der Waals surface area contributed by atoms with Crippen LogP contribution in [0, 0.1) is 12.8 Å². The molecule has 0 radical (unpaired) electrons. The number of hydrogen-bond donors (Lipinski definition) is 1. The van der Waals surface area contributed by atoms with Gasteiger partial charge in [-0.2, -0.15) is 0 Å². The fourth-order valence-electron chi connectivity index (χ4n) is 5.49. The first-order chi connectivity index (χ1) is 16.7. The summed E-state index contributed by atoms with van der Waals surface area (Å²) in [5, 5.41) is 3.52. The first-order valence-corrected chi connectivity index (χ1v) is 13.1. The molecule has 1 N–H and O–H groups in total. The van der Waals surface area contributed by atoms with E-state index in [9.17, 15) is 14.4 Å². The third-order valence-corrected chi connectivity index (χ3v) is 7.85. The molecule has 9 heteroatoms. The second-order valence-electron chi connectivity index (χ2n) is 10.1. The lowest BCUT2D eigenvalue weighted by Gasteiger charge is -2.41. The average molecular weight is 505 g/mol. The van der Waals surface area contributed by atoms with Crippen LogP contribution in [-0.2, 0) is 25.7 Å². The molecule has 8 nitrogen and oxygen atoms in total. The summed E-state index contributed by atoms with van der Waals surface area (Å²) < 4.78 is 5.61. The van der Waals surface area contributed by atoms with E-state index in [0.29, 0.717) is 36.3 Å². The summed E-state index contributed by atoms with van der Waals surface area (Å²) in [7, 11) is 0. The Hall–Kier alpha value is -2.16. The van der Waals surface area contributed by atoms with Gasteiger partial charge in [0.2, 0.25) is 11.8 Å². The van der Waals surface area contributed by atoms with Crippen LogP contribution in [0.2, 0.25) is 5.02 Å². The maximum absolute atomic E-state index is 12.9. The molecule has 3 aliphatic rings. The maximum Gasteiger partial charge on any atom is 0.255 e. The van der Waals surface area contributed by atoms with Crippen molar-refractivity contribution in [1.82, 2.24) is 14.7 Å². The van der Waals surface area contributed by atoms with Crippen molar-refractivity contribution in [1.29, 1.82) is 0 Å². The number of ether oxygens (including phenoxy) is 1. The lowest BCUT2D eigenvalue weighted by atomic mass is 10.0. The van der Waals surface area contributed by atoms with Crippen LogP contribution in [0.5, 0.6) is 0 Å². The molecule has 4 rings (SSSR count). The van der Waals surface area contributed by atoms with Gasteiger partial charge in [-0.05, 0) is 49.9 Å². The molecular formula is C26H37ClN4O4. The van der Waals surface area contributed by atoms with Crippen LogP contribution in [0.1, 0.15) is 50.7 Å². The zero-order valence-corrected chi connectivity index (χ0v) is 21.8. The molecule has 1 aromatic carbocycles. The van der Waals surface area contributed by atoms with Crippen molar-refractivity contribution in [2.75, 3.05) is 44.6 Å². The summed E-state index contributed by atoms with van der Waals surface area (Å²) in [5.41, 5.74) is 2.66. The van der Waals surface area contributed by atoms with Crippen LogP contribution in [0.25, 0.3) is 0 Å². The van der Waals surface area contributed by atoms with Crippen molar-refractivity contribution < 1.29 is 19.1 Å². The van der Waals surface area contributed by atoms with Gasteiger partial charge < -0.3 is 19.9 Å². The summed E-state index contributed by atoms with van der Waals surface area (Å²) in [6, 6.07) is 3.87. The van der Waals surface area contributed by atoms with Crippen molar-refractivity contribution >= 4 is 35.0 Å². The number of nitrogens with one attached hydrogen (secondary N) is 1.